The lowest BCUT2D eigenvalue weighted by atomic mass is 9.67. The lowest BCUT2D eigenvalue weighted by molar-refractivity contribution is 0.144. The first-order chi connectivity index (χ1) is 10.2. The van der Waals surface area contributed by atoms with E-state index in [2.05, 4.69) is 32.1 Å². The van der Waals surface area contributed by atoms with Crippen molar-refractivity contribution in [2.24, 2.45) is 5.41 Å². The van der Waals surface area contributed by atoms with Gasteiger partial charge in [0.1, 0.15) is 0 Å². The van der Waals surface area contributed by atoms with Gasteiger partial charge in [-0.1, -0.05) is 13.3 Å². The van der Waals surface area contributed by atoms with E-state index in [0.717, 1.165) is 25.6 Å². The van der Waals surface area contributed by atoms with E-state index < -0.39 is 0 Å². The van der Waals surface area contributed by atoms with Crippen molar-refractivity contribution in [3.8, 4) is 0 Å². The van der Waals surface area contributed by atoms with Gasteiger partial charge in [0.05, 0.1) is 0 Å². The van der Waals surface area contributed by atoms with E-state index in [9.17, 15) is 0 Å². The number of halogens is 1. The average molecular weight is 310 g/mol. The second-order valence-corrected chi connectivity index (χ2v) is 6.67. The van der Waals surface area contributed by atoms with Crippen LogP contribution in [0.4, 0.5) is 11.9 Å². The Bertz CT molecular complexity index is 477. The Morgan fingerprint density at radius 1 is 1.10 bits per heavy atom. The second kappa shape index (κ2) is 6.34. The molecular weight excluding hydrogens is 286 g/mol. The third-order valence-electron chi connectivity index (χ3n) is 5.02. The number of nitrogens with one attached hydrogen (secondary N) is 1. The van der Waals surface area contributed by atoms with Crippen molar-refractivity contribution < 1.29 is 0 Å². The van der Waals surface area contributed by atoms with Crippen LogP contribution >= 0.6 is 11.6 Å². The molecule has 1 saturated heterocycles. The van der Waals surface area contributed by atoms with Gasteiger partial charge in [-0.3, -0.25) is 0 Å². The molecule has 0 spiro atoms. The van der Waals surface area contributed by atoms with Gasteiger partial charge in [0.2, 0.25) is 17.2 Å². The minimum Gasteiger partial charge on any atom is -0.353 e. The van der Waals surface area contributed by atoms with Crippen molar-refractivity contribution >= 4 is 23.5 Å². The van der Waals surface area contributed by atoms with Crippen LogP contribution in [0.5, 0.6) is 0 Å². The summed E-state index contributed by atoms with van der Waals surface area (Å²) >= 11 is 6.07. The maximum absolute atomic E-state index is 6.07. The van der Waals surface area contributed by atoms with Crippen molar-refractivity contribution in [1.29, 1.82) is 0 Å². The van der Waals surface area contributed by atoms with Crippen molar-refractivity contribution in [2.45, 2.75) is 51.9 Å². The van der Waals surface area contributed by atoms with Crippen LogP contribution in [0.3, 0.4) is 0 Å². The molecule has 6 heteroatoms. The summed E-state index contributed by atoms with van der Waals surface area (Å²) in [6.45, 7) is 5.22. The van der Waals surface area contributed by atoms with Gasteiger partial charge < -0.3 is 10.2 Å². The number of hydrogen-bond acceptors (Lipinski definition) is 5. The number of nitrogens with zero attached hydrogens (tertiary/aromatic N) is 4. The summed E-state index contributed by atoms with van der Waals surface area (Å²) in [6.07, 6.45) is 8.84. The fraction of sp³-hybridized carbons (Fsp3) is 0.800. The molecule has 0 amide bonds. The molecule has 1 aromatic heterocycles. The highest BCUT2D eigenvalue weighted by Crippen LogP contribution is 2.43. The largest absolute Gasteiger partial charge is 0.353 e. The molecule has 1 N–H and O–H groups in total. The summed E-state index contributed by atoms with van der Waals surface area (Å²) in [5, 5.41) is 3.67. The minimum atomic E-state index is 0.284. The van der Waals surface area contributed by atoms with Crippen LogP contribution in [-0.4, -0.2) is 34.6 Å². The summed E-state index contributed by atoms with van der Waals surface area (Å²) in [7, 11) is 0. The van der Waals surface area contributed by atoms with E-state index in [1.165, 1.54) is 44.9 Å². The molecule has 2 heterocycles. The molecule has 0 aromatic carbocycles. The molecule has 5 nitrogen and oxygen atoms in total. The maximum atomic E-state index is 6.07. The molecule has 1 aliphatic carbocycles. The van der Waals surface area contributed by atoms with Crippen molar-refractivity contribution in [2.75, 3.05) is 29.9 Å². The fourth-order valence-corrected chi connectivity index (χ4v) is 3.41. The number of rotatable bonds is 5. The third kappa shape index (κ3) is 3.39. The zero-order valence-electron chi connectivity index (χ0n) is 12.7. The van der Waals surface area contributed by atoms with E-state index in [1.807, 2.05) is 0 Å². The predicted molar refractivity (Wildman–Crippen MR) is 86.0 cm³/mol. The van der Waals surface area contributed by atoms with Gasteiger partial charge in [-0.2, -0.15) is 15.0 Å². The Hall–Kier alpha value is -1.10. The molecule has 1 saturated carbocycles. The summed E-state index contributed by atoms with van der Waals surface area (Å²) in [5.41, 5.74) is 0.435. The van der Waals surface area contributed by atoms with Crippen LogP contribution in [0.1, 0.15) is 51.9 Å². The standard InChI is InChI=1S/C15H24ClN5/c1-2-15(7-6-8-15)11-17-13-18-12(16)19-14(20-13)21-9-4-3-5-10-21/h2-11H2,1H3,(H,17,18,19,20). The van der Waals surface area contributed by atoms with Crippen LogP contribution in [0, 0.1) is 5.41 Å². The fourth-order valence-electron chi connectivity index (χ4n) is 3.25. The molecular formula is C15H24ClN5. The van der Waals surface area contributed by atoms with Gasteiger partial charge in [-0.25, -0.2) is 0 Å². The Morgan fingerprint density at radius 3 is 2.48 bits per heavy atom. The highest BCUT2D eigenvalue weighted by atomic mass is 35.5. The molecule has 1 aliphatic heterocycles. The average Bonchev–Trinajstić information content (AvgIpc) is 2.47. The molecule has 0 unspecified atom stereocenters. The predicted octanol–water partition coefficient (Wildman–Crippen LogP) is 3.51. The number of hydrogen-bond donors (Lipinski definition) is 1. The second-order valence-electron chi connectivity index (χ2n) is 6.34. The molecule has 2 fully saturated rings. The summed E-state index contributed by atoms with van der Waals surface area (Å²) in [6, 6.07) is 0. The van der Waals surface area contributed by atoms with E-state index in [-0.39, 0.29) is 5.28 Å². The summed E-state index contributed by atoms with van der Waals surface area (Å²) in [5.74, 6) is 1.34. The maximum Gasteiger partial charge on any atom is 0.231 e. The Morgan fingerprint density at radius 2 is 1.86 bits per heavy atom. The van der Waals surface area contributed by atoms with Gasteiger partial charge in [-0.15, -0.1) is 0 Å². The van der Waals surface area contributed by atoms with Gasteiger partial charge in [0, 0.05) is 19.6 Å². The Kier molecular flexibility index (Phi) is 4.48. The Labute approximate surface area is 131 Å². The quantitative estimate of drug-likeness (QED) is 0.902. The summed E-state index contributed by atoms with van der Waals surface area (Å²) in [4.78, 5) is 15.3. The number of piperidine rings is 1. The van der Waals surface area contributed by atoms with Crippen LogP contribution in [0.15, 0.2) is 0 Å². The van der Waals surface area contributed by atoms with E-state index >= 15 is 0 Å². The molecule has 1 aromatic rings. The van der Waals surface area contributed by atoms with Crippen molar-refractivity contribution in [1.82, 2.24) is 15.0 Å². The van der Waals surface area contributed by atoms with Gasteiger partial charge in [-0.05, 0) is 55.5 Å². The minimum absolute atomic E-state index is 0.284. The zero-order chi connectivity index (χ0) is 14.7. The molecule has 0 bridgehead atoms. The highest BCUT2D eigenvalue weighted by molar-refractivity contribution is 6.28. The van der Waals surface area contributed by atoms with Gasteiger partial charge in [0.25, 0.3) is 0 Å². The number of anilines is 2. The molecule has 0 radical (unpaired) electrons. The van der Waals surface area contributed by atoms with Crippen LogP contribution in [0.25, 0.3) is 0 Å². The topological polar surface area (TPSA) is 53.9 Å². The highest BCUT2D eigenvalue weighted by Gasteiger charge is 2.35. The lowest BCUT2D eigenvalue weighted by Gasteiger charge is -2.41. The Balaban J connectivity index is 1.68. The van der Waals surface area contributed by atoms with Crippen LogP contribution < -0.4 is 10.2 Å². The SMILES string of the molecule is CCC1(CNc2nc(Cl)nc(N3CCCCC3)n2)CCC1. The molecule has 3 rings (SSSR count). The van der Waals surface area contributed by atoms with Crippen LogP contribution in [0.2, 0.25) is 5.28 Å². The van der Waals surface area contributed by atoms with Crippen LogP contribution in [-0.2, 0) is 0 Å². The monoisotopic (exact) mass is 309 g/mol. The van der Waals surface area contributed by atoms with Crippen molar-refractivity contribution in [3.63, 3.8) is 0 Å². The first-order valence-electron chi connectivity index (χ1n) is 8.11. The molecule has 116 valence electrons. The van der Waals surface area contributed by atoms with E-state index in [1.54, 1.807) is 0 Å². The molecule has 0 atom stereocenters. The lowest BCUT2D eigenvalue weighted by Crippen LogP contribution is -2.36. The third-order valence-corrected chi connectivity index (χ3v) is 5.19. The number of aromatic nitrogens is 3. The van der Waals surface area contributed by atoms with E-state index in [0.29, 0.717) is 11.4 Å². The van der Waals surface area contributed by atoms with Crippen molar-refractivity contribution in [3.05, 3.63) is 5.28 Å². The smallest absolute Gasteiger partial charge is 0.231 e. The zero-order valence-corrected chi connectivity index (χ0v) is 13.5. The first-order valence-corrected chi connectivity index (χ1v) is 8.49. The summed E-state index contributed by atoms with van der Waals surface area (Å²) < 4.78 is 0. The van der Waals surface area contributed by atoms with Gasteiger partial charge in [0.15, 0.2) is 0 Å². The van der Waals surface area contributed by atoms with E-state index in [4.69, 9.17) is 11.6 Å². The molecule has 21 heavy (non-hydrogen) atoms. The first kappa shape index (κ1) is 14.8. The van der Waals surface area contributed by atoms with Gasteiger partial charge >= 0.3 is 0 Å². The molecule has 2 aliphatic rings. The normalized spacial score (nSPS) is 21.0.